The largest absolute Gasteiger partial charge is 0.492 e. The minimum absolute atomic E-state index is 0.0349. The van der Waals surface area contributed by atoms with Crippen LogP contribution in [0.3, 0.4) is 0 Å². The van der Waals surface area contributed by atoms with Crippen molar-refractivity contribution in [3.63, 3.8) is 0 Å². The summed E-state index contributed by atoms with van der Waals surface area (Å²) < 4.78 is 19.2. The molecule has 0 atom stereocenters. The minimum Gasteiger partial charge on any atom is -0.492 e. The van der Waals surface area contributed by atoms with E-state index in [9.17, 15) is 4.79 Å². The maximum absolute atomic E-state index is 13.1. The first-order valence-electron chi connectivity index (χ1n) is 10.9. The first-order chi connectivity index (χ1) is 15.1. The molecule has 1 amide bonds. The molecule has 2 aromatic heterocycles. The van der Waals surface area contributed by atoms with Gasteiger partial charge in [0.05, 0.1) is 24.0 Å². The summed E-state index contributed by atoms with van der Waals surface area (Å²) in [5.41, 5.74) is 4.07. The summed E-state index contributed by atoms with van der Waals surface area (Å²) in [4.78, 5) is 17.9. The van der Waals surface area contributed by atoms with Gasteiger partial charge >= 0.3 is 0 Å². The number of hydrogen-bond donors (Lipinski definition) is 1. The van der Waals surface area contributed by atoms with Crippen LogP contribution < -0.4 is 14.8 Å². The Morgan fingerprint density at radius 3 is 2.87 bits per heavy atom. The molecule has 0 bridgehead atoms. The lowest BCUT2D eigenvalue weighted by Crippen LogP contribution is -2.16. The van der Waals surface area contributed by atoms with Gasteiger partial charge in [-0.25, -0.2) is 4.98 Å². The number of carbonyl (C=O) groups is 1. The number of nitrogens with one attached hydrogen (secondary N) is 1. The van der Waals surface area contributed by atoms with Crippen molar-refractivity contribution in [3.8, 4) is 11.5 Å². The van der Waals surface area contributed by atoms with Crippen molar-refractivity contribution in [2.24, 2.45) is 0 Å². The third-order valence-electron chi connectivity index (χ3n) is 5.78. The maximum Gasteiger partial charge on any atom is 0.259 e. The molecule has 1 saturated heterocycles. The molecular formula is C24H27N3O4. The van der Waals surface area contributed by atoms with E-state index in [1.165, 1.54) is 0 Å². The van der Waals surface area contributed by atoms with Crippen LogP contribution in [0, 0.1) is 0 Å². The zero-order valence-electron chi connectivity index (χ0n) is 17.9. The molecule has 1 aromatic carbocycles. The molecule has 1 fully saturated rings. The van der Waals surface area contributed by atoms with E-state index in [-0.39, 0.29) is 12.0 Å². The SMILES string of the molecule is CC(C)Oc1cc2nc(C3CCOCC3)cn2cc1NC(=O)c1cccc2c1OCC2. The summed E-state index contributed by atoms with van der Waals surface area (Å²) in [5, 5.41) is 3.03. The van der Waals surface area contributed by atoms with Gasteiger partial charge in [-0.3, -0.25) is 4.79 Å². The molecule has 0 unspecified atom stereocenters. The summed E-state index contributed by atoms with van der Waals surface area (Å²) >= 11 is 0. The number of amides is 1. The van der Waals surface area contributed by atoms with Crippen molar-refractivity contribution in [2.75, 3.05) is 25.1 Å². The predicted octanol–water partition coefficient (Wildman–Crippen LogP) is 4.20. The number of imidazole rings is 1. The van der Waals surface area contributed by atoms with Crippen LogP contribution in [0.4, 0.5) is 5.69 Å². The van der Waals surface area contributed by atoms with E-state index in [2.05, 4.69) is 5.32 Å². The number of carbonyl (C=O) groups excluding carboxylic acids is 1. The number of fused-ring (bicyclic) bond motifs is 2. The van der Waals surface area contributed by atoms with Gasteiger partial charge in [-0.15, -0.1) is 0 Å². The van der Waals surface area contributed by atoms with E-state index in [4.69, 9.17) is 19.2 Å². The Morgan fingerprint density at radius 1 is 1.23 bits per heavy atom. The topological polar surface area (TPSA) is 74.1 Å². The average Bonchev–Trinajstić information content (AvgIpc) is 3.40. The van der Waals surface area contributed by atoms with Crippen molar-refractivity contribution < 1.29 is 19.0 Å². The summed E-state index contributed by atoms with van der Waals surface area (Å²) in [7, 11) is 0. The lowest BCUT2D eigenvalue weighted by molar-refractivity contribution is 0.0846. The van der Waals surface area contributed by atoms with Crippen LogP contribution in [-0.2, 0) is 11.2 Å². The van der Waals surface area contributed by atoms with Crippen LogP contribution in [0.25, 0.3) is 5.65 Å². The van der Waals surface area contributed by atoms with Gasteiger partial charge in [-0.1, -0.05) is 12.1 Å². The van der Waals surface area contributed by atoms with Crippen LogP contribution in [0.5, 0.6) is 11.5 Å². The molecule has 0 saturated carbocycles. The van der Waals surface area contributed by atoms with E-state index < -0.39 is 0 Å². The molecule has 2 aliphatic rings. The number of rotatable bonds is 5. The zero-order chi connectivity index (χ0) is 21.4. The molecule has 1 N–H and O–H groups in total. The van der Waals surface area contributed by atoms with Gasteiger partial charge in [0, 0.05) is 44.0 Å². The highest BCUT2D eigenvalue weighted by molar-refractivity contribution is 6.07. The summed E-state index contributed by atoms with van der Waals surface area (Å²) in [5.74, 6) is 1.46. The molecule has 162 valence electrons. The number of hydrogen-bond acceptors (Lipinski definition) is 5. The van der Waals surface area contributed by atoms with Crippen LogP contribution in [0.2, 0.25) is 0 Å². The van der Waals surface area contributed by atoms with E-state index in [0.717, 1.165) is 49.4 Å². The number of nitrogens with zero attached hydrogens (tertiary/aromatic N) is 2. The smallest absolute Gasteiger partial charge is 0.259 e. The standard InChI is InChI=1S/C24H27N3O4/c1-15(2)31-21-12-22-25-19(16-6-9-29-10-7-16)13-27(22)14-20(21)26-24(28)18-5-3-4-17-8-11-30-23(17)18/h3-5,12-16H,6-11H2,1-2H3,(H,26,28). The fourth-order valence-electron chi connectivity index (χ4n) is 4.25. The number of aromatic nitrogens is 2. The van der Waals surface area contributed by atoms with E-state index >= 15 is 0 Å². The second kappa shape index (κ2) is 8.23. The maximum atomic E-state index is 13.1. The highest BCUT2D eigenvalue weighted by Gasteiger charge is 2.23. The zero-order valence-corrected chi connectivity index (χ0v) is 17.9. The summed E-state index contributed by atoms with van der Waals surface area (Å²) in [6.07, 6.45) is 6.67. The Bertz CT molecular complexity index is 1120. The van der Waals surface area contributed by atoms with Crippen LogP contribution in [0.15, 0.2) is 36.7 Å². The van der Waals surface area contributed by atoms with Crippen molar-refractivity contribution in [3.05, 3.63) is 53.5 Å². The van der Waals surface area contributed by atoms with Gasteiger partial charge < -0.3 is 23.9 Å². The highest BCUT2D eigenvalue weighted by Crippen LogP contribution is 2.33. The molecule has 3 aromatic rings. The number of pyridine rings is 1. The lowest BCUT2D eigenvalue weighted by Gasteiger charge is -2.19. The lowest BCUT2D eigenvalue weighted by atomic mass is 9.97. The molecule has 0 aliphatic carbocycles. The van der Waals surface area contributed by atoms with E-state index in [1.54, 1.807) is 6.07 Å². The number of benzene rings is 1. The van der Waals surface area contributed by atoms with Crippen molar-refractivity contribution in [1.29, 1.82) is 0 Å². The normalized spacial score (nSPS) is 16.4. The molecule has 0 radical (unpaired) electrons. The Hall–Kier alpha value is -3.06. The fraction of sp³-hybridized carbons (Fsp3) is 0.417. The Morgan fingerprint density at radius 2 is 2.06 bits per heavy atom. The van der Waals surface area contributed by atoms with Gasteiger partial charge in [-0.2, -0.15) is 0 Å². The van der Waals surface area contributed by atoms with Crippen LogP contribution >= 0.6 is 0 Å². The van der Waals surface area contributed by atoms with Gasteiger partial charge in [0.25, 0.3) is 5.91 Å². The van der Waals surface area contributed by atoms with Crippen molar-refractivity contribution >= 4 is 17.2 Å². The number of ether oxygens (including phenoxy) is 3. The van der Waals surface area contributed by atoms with Gasteiger partial charge in [0.15, 0.2) is 0 Å². The highest BCUT2D eigenvalue weighted by atomic mass is 16.5. The average molecular weight is 421 g/mol. The Kier molecular flexibility index (Phi) is 5.28. The molecule has 7 nitrogen and oxygen atoms in total. The molecule has 5 rings (SSSR count). The monoisotopic (exact) mass is 421 g/mol. The third kappa shape index (κ3) is 3.97. The van der Waals surface area contributed by atoms with Gasteiger partial charge in [0.1, 0.15) is 22.8 Å². The first kappa shape index (κ1) is 19.9. The second-order valence-corrected chi connectivity index (χ2v) is 8.38. The molecule has 2 aliphatic heterocycles. The van der Waals surface area contributed by atoms with Gasteiger partial charge in [0.2, 0.25) is 0 Å². The Balaban J connectivity index is 1.48. The van der Waals surface area contributed by atoms with Gasteiger partial charge in [-0.05, 0) is 38.3 Å². The molecular weight excluding hydrogens is 394 g/mol. The van der Waals surface area contributed by atoms with Crippen LogP contribution in [0.1, 0.15) is 54.2 Å². The quantitative estimate of drug-likeness (QED) is 0.668. The fourth-order valence-corrected chi connectivity index (χ4v) is 4.25. The van der Waals surface area contributed by atoms with Crippen molar-refractivity contribution in [2.45, 2.75) is 45.1 Å². The summed E-state index contributed by atoms with van der Waals surface area (Å²) in [6, 6.07) is 7.58. The molecule has 31 heavy (non-hydrogen) atoms. The van der Waals surface area contributed by atoms with Crippen molar-refractivity contribution in [1.82, 2.24) is 9.38 Å². The van der Waals surface area contributed by atoms with E-state index in [0.29, 0.717) is 35.3 Å². The summed E-state index contributed by atoms with van der Waals surface area (Å²) in [6.45, 7) is 6.08. The number of para-hydroxylation sites is 1. The first-order valence-corrected chi connectivity index (χ1v) is 10.9. The Labute approximate surface area is 181 Å². The molecule has 4 heterocycles. The third-order valence-corrected chi connectivity index (χ3v) is 5.78. The van der Waals surface area contributed by atoms with E-state index in [1.807, 2.05) is 48.8 Å². The van der Waals surface area contributed by atoms with Crippen LogP contribution in [-0.4, -0.2) is 41.2 Å². The minimum atomic E-state index is -0.212. The number of anilines is 1. The second-order valence-electron chi connectivity index (χ2n) is 8.38. The predicted molar refractivity (Wildman–Crippen MR) is 117 cm³/mol. The molecule has 7 heteroatoms. The molecule has 0 spiro atoms.